The van der Waals surface area contributed by atoms with Gasteiger partial charge < -0.3 is 19.1 Å². The van der Waals surface area contributed by atoms with E-state index in [0.717, 1.165) is 60.1 Å². The number of nitriles is 1. The molecule has 4 aromatic carbocycles. The summed E-state index contributed by atoms with van der Waals surface area (Å²) < 4.78 is 18.4. The van der Waals surface area contributed by atoms with Gasteiger partial charge in [0.05, 0.1) is 27.8 Å². The third-order valence-electron chi connectivity index (χ3n) is 9.35. The second kappa shape index (κ2) is 14.7. The van der Waals surface area contributed by atoms with Gasteiger partial charge in [0.15, 0.2) is 4.90 Å². The topological polar surface area (TPSA) is 79.6 Å². The number of carbonyl (C=O) groups excluding carboxylic acids is 1. The molecule has 0 saturated carbocycles. The summed E-state index contributed by atoms with van der Waals surface area (Å²) in [7, 11) is 0. The summed E-state index contributed by atoms with van der Waals surface area (Å²) in [6.07, 6.45) is 5.28. The van der Waals surface area contributed by atoms with Crippen LogP contribution >= 0.6 is 23.2 Å². The van der Waals surface area contributed by atoms with Gasteiger partial charge in [-0.2, -0.15) is 5.26 Å². The molecule has 0 radical (unpaired) electrons. The van der Waals surface area contributed by atoms with Crippen LogP contribution in [-0.4, -0.2) is 65.8 Å². The normalized spacial score (nSPS) is 17.5. The summed E-state index contributed by atoms with van der Waals surface area (Å²) >= 11 is 11.8. The number of hydrogen-bond donors (Lipinski definition) is 0. The van der Waals surface area contributed by atoms with E-state index in [-0.39, 0.29) is 11.8 Å². The van der Waals surface area contributed by atoms with E-state index < -0.39 is 11.2 Å². The lowest BCUT2D eigenvalue weighted by Gasteiger charge is -2.35. The van der Waals surface area contributed by atoms with Gasteiger partial charge in [-0.1, -0.05) is 71.7 Å². The van der Waals surface area contributed by atoms with Crippen LogP contribution in [0.3, 0.4) is 0 Å². The molecule has 0 spiro atoms. The SMILES string of the molecule is C[S+]([O-])c1ccccc1C1CCN(CC[C@H](CN2CCCOc3c(C#N)cc4ccccc4c3C2=O)c2ccc(Cl)c(Cl)c2)CC1. The molecule has 1 unspecified atom stereocenters. The smallest absolute Gasteiger partial charge is 0.258 e. The molecule has 238 valence electrons. The molecule has 1 fully saturated rings. The quantitative estimate of drug-likeness (QED) is 0.177. The van der Waals surface area contributed by atoms with E-state index in [1.54, 1.807) is 12.3 Å². The summed E-state index contributed by atoms with van der Waals surface area (Å²) in [5.41, 5.74) is 3.09. The Bertz CT molecular complexity index is 1770. The van der Waals surface area contributed by atoms with Crippen molar-refractivity contribution in [2.75, 3.05) is 45.6 Å². The Labute approximate surface area is 284 Å². The minimum Gasteiger partial charge on any atom is -0.612 e. The third-order valence-corrected chi connectivity index (χ3v) is 11.1. The van der Waals surface area contributed by atoms with Crippen LogP contribution in [-0.2, 0) is 11.2 Å². The maximum absolute atomic E-state index is 14.4. The predicted octanol–water partition coefficient (Wildman–Crippen LogP) is 8.03. The molecular weight excluding hydrogens is 637 g/mol. The Kier molecular flexibility index (Phi) is 10.4. The minimum absolute atomic E-state index is 0.0221. The highest BCUT2D eigenvalue weighted by atomic mass is 35.5. The van der Waals surface area contributed by atoms with Crippen molar-refractivity contribution in [2.45, 2.75) is 42.4 Å². The number of hydrogen-bond acceptors (Lipinski definition) is 5. The molecule has 1 saturated heterocycles. The molecule has 1 amide bonds. The van der Waals surface area contributed by atoms with E-state index >= 15 is 0 Å². The zero-order chi connectivity index (χ0) is 32.2. The fourth-order valence-electron chi connectivity index (χ4n) is 6.92. The van der Waals surface area contributed by atoms with Gasteiger partial charge in [0.2, 0.25) is 0 Å². The average Bonchev–Trinajstić information content (AvgIpc) is 3.07. The summed E-state index contributed by atoms with van der Waals surface area (Å²) in [6.45, 7) is 4.27. The van der Waals surface area contributed by atoms with Crippen LogP contribution in [0.25, 0.3) is 10.8 Å². The number of piperidine rings is 1. The fraction of sp³-hybridized carbons (Fsp3) is 0.351. The van der Waals surface area contributed by atoms with Crippen molar-refractivity contribution in [2.24, 2.45) is 0 Å². The number of ether oxygens (including phenoxy) is 1. The highest BCUT2D eigenvalue weighted by Gasteiger charge is 2.30. The van der Waals surface area contributed by atoms with E-state index in [0.29, 0.717) is 59.0 Å². The Hall–Kier alpha value is -3.25. The van der Waals surface area contributed by atoms with E-state index in [1.807, 2.05) is 65.6 Å². The van der Waals surface area contributed by atoms with E-state index in [9.17, 15) is 14.6 Å². The van der Waals surface area contributed by atoms with Crippen LogP contribution in [0.5, 0.6) is 5.75 Å². The van der Waals surface area contributed by atoms with Gasteiger partial charge in [0, 0.05) is 24.6 Å². The lowest BCUT2D eigenvalue weighted by atomic mass is 9.88. The third kappa shape index (κ3) is 7.02. The van der Waals surface area contributed by atoms with Crippen LogP contribution in [0.1, 0.15) is 64.6 Å². The van der Waals surface area contributed by atoms with Crippen molar-refractivity contribution in [3.05, 3.63) is 105 Å². The van der Waals surface area contributed by atoms with Gasteiger partial charge >= 0.3 is 0 Å². The van der Waals surface area contributed by atoms with Crippen LogP contribution in [0.4, 0.5) is 0 Å². The molecule has 0 aromatic heterocycles. The van der Waals surface area contributed by atoms with Crippen molar-refractivity contribution in [1.82, 2.24) is 9.80 Å². The van der Waals surface area contributed by atoms with Crippen molar-refractivity contribution in [3.8, 4) is 11.8 Å². The molecule has 6 nitrogen and oxygen atoms in total. The van der Waals surface area contributed by atoms with Crippen LogP contribution in [0, 0.1) is 11.3 Å². The molecule has 2 aliphatic rings. The number of likely N-dealkylation sites (tertiary alicyclic amines) is 1. The second-order valence-electron chi connectivity index (χ2n) is 12.2. The Balaban J connectivity index is 1.23. The number of nitrogens with zero attached hydrogens (tertiary/aromatic N) is 3. The molecule has 4 aromatic rings. The number of halogens is 2. The maximum Gasteiger partial charge on any atom is 0.258 e. The Morgan fingerprint density at radius 1 is 1.02 bits per heavy atom. The van der Waals surface area contributed by atoms with E-state index in [1.165, 1.54) is 5.56 Å². The fourth-order valence-corrected chi connectivity index (χ4v) is 8.06. The van der Waals surface area contributed by atoms with Gasteiger partial charge in [0.1, 0.15) is 18.1 Å². The molecule has 6 rings (SSSR count). The lowest BCUT2D eigenvalue weighted by molar-refractivity contribution is 0.0711. The number of rotatable bonds is 8. The first-order valence-corrected chi connectivity index (χ1v) is 18.1. The van der Waals surface area contributed by atoms with Gasteiger partial charge in [-0.3, -0.25) is 4.79 Å². The van der Waals surface area contributed by atoms with Gasteiger partial charge in [-0.25, -0.2) is 0 Å². The molecule has 0 aliphatic carbocycles. The van der Waals surface area contributed by atoms with Gasteiger partial charge in [-0.05, 0) is 103 Å². The minimum atomic E-state index is -1.01. The molecule has 0 N–H and O–H groups in total. The zero-order valence-electron chi connectivity index (χ0n) is 25.9. The number of fused-ring (bicyclic) bond motifs is 3. The van der Waals surface area contributed by atoms with Gasteiger partial charge in [-0.15, -0.1) is 0 Å². The zero-order valence-corrected chi connectivity index (χ0v) is 28.2. The van der Waals surface area contributed by atoms with Crippen molar-refractivity contribution in [3.63, 3.8) is 0 Å². The average molecular weight is 675 g/mol. The second-order valence-corrected chi connectivity index (χ2v) is 14.3. The maximum atomic E-state index is 14.4. The monoisotopic (exact) mass is 673 g/mol. The first kappa shape index (κ1) is 32.7. The standard InChI is InChI=1S/C37H37Cl2N3O3S/c1-46(44)34-10-5-4-8-30(34)25-13-17-41(18-14-25)19-15-28(26-11-12-32(38)33(39)22-26)24-42-16-6-20-45-36-29(23-40)21-27-7-2-3-9-31(27)35(36)37(42)43/h2-5,7-12,21-22,25,28H,6,13-20,24H2,1H3/t28-,46?/m1/s1. The summed E-state index contributed by atoms with van der Waals surface area (Å²) in [5.74, 6) is 0.671. The van der Waals surface area contributed by atoms with Crippen molar-refractivity contribution >= 4 is 51.1 Å². The largest absolute Gasteiger partial charge is 0.612 e. The summed E-state index contributed by atoms with van der Waals surface area (Å²) in [4.78, 5) is 19.7. The van der Waals surface area contributed by atoms with E-state index in [2.05, 4.69) is 17.0 Å². The highest BCUT2D eigenvalue weighted by Crippen LogP contribution is 2.37. The molecule has 2 heterocycles. The highest BCUT2D eigenvalue weighted by molar-refractivity contribution is 7.90. The van der Waals surface area contributed by atoms with Gasteiger partial charge in [0.25, 0.3) is 5.91 Å². The first-order valence-electron chi connectivity index (χ1n) is 15.8. The molecule has 2 atom stereocenters. The predicted molar refractivity (Wildman–Crippen MR) is 186 cm³/mol. The van der Waals surface area contributed by atoms with Crippen LogP contribution in [0.2, 0.25) is 10.0 Å². The molecule has 0 bridgehead atoms. The first-order chi connectivity index (χ1) is 22.3. The van der Waals surface area contributed by atoms with Crippen molar-refractivity contribution in [1.29, 1.82) is 5.26 Å². The van der Waals surface area contributed by atoms with E-state index in [4.69, 9.17) is 27.9 Å². The number of carbonyl (C=O) groups is 1. The molecule has 2 aliphatic heterocycles. The van der Waals surface area contributed by atoms with Crippen LogP contribution < -0.4 is 4.74 Å². The summed E-state index contributed by atoms with van der Waals surface area (Å²) in [5, 5.41) is 12.6. The number of benzene rings is 4. The molecule has 46 heavy (non-hydrogen) atoms. The lowest BCUT2D eigenvalue weighted by Crippen LogP contribution is -2.39. The Morgan fingerprint density at radius 3 is 2.54 bits per heavy atom. The van der Waals surface area contributed by atoms with Crippen LogP contribution in [0.15, 0.2) is 77.7 Å². The molecular formula is C37H37Cl2N3O3S. The van der Waals surface area contributed by atoms with Crippen molar-refractivity contribution < 1.29 is 14.1 Å². The molecule has 9 heteroatoms. The number of amides is 1. The summed E-state index contributed by atoms with van der Waals surface area (Å²) in [6, 6.07) is 25.6. The Morgan fingerprint density at radius 2 is 1.78 bits per heavy atom.